The van der Waals surface area contributed by atoms with E-state index in [0.717, 1.165) is 12.0 Å². The lowest BCUT2D eigenvalue weighted by Gasteiger charge is -2.22. The smallest absolute Gasteiger partial charge is 0.414 e. The van der Waals surface area contributed by atoms with E-state index in [-0.39, 0.29) is 12.3 Å². The molecule has 0 aliphatic heterocycles. The van der Waals surface area contributed by atoms with Crippen LogP contribution >= 0.6 is 0 Å². The Morgan fingerprint density at radius 2 is 1.76 bits per heavy atom. The Bertz CT molecular complexity index is 586. The van der Waals surface area contributed by atoms with Crippen LogP contribution in [-0.2, 0) is 11.3 Å². The third-order valence-corrected chi connectivity index (χ3v) is 3.02. The van der Waals surface area contributed by atoms with Gasteiger partial charge >= 0.3 is 6.09 Å². The fourth-order valence-corrected chi connectivity index (χ4v) is 2.00. The number of nitrogens with zero attached hydrogens (tertiary/aromatic N) is 1. The highest BCUT2D eigenvalue weighted by atomic mass is 19.1. The van der Waals surface area contributed by atoms with Gasteiger partial charge in [0.1, 0.15) is 12.4 Å². The topological polar surface area (TPSA) is 29.5 Å². The van der Waals surface area contributed by atoms with Gasteiger partial charge in [0.15, 0.2) is 0 Å². The van der Waals surface area contributed by atoms with E-state index >= 15 is 0 Å². The molecule has 0 aromatic heterocycles. The number of hydrogen-bond donors (Lipinski definition) is 0. The van der Waals surface area contributed by atoms with Gasteiger partial charge in [-0.2, -0.15) is 0 Å². The van der Waals surface area contributed by atoms with Gasteiger partial charge in [0, 0.05) is 6.54 Å². The van der Waals surface area contributed by atoms with Crippen molar-refractivity contribution in [3.05, 3.63) is 66.0 Å². The van der Waals surface area contributed by atoms with E-state index in [2.05, 4.69) is 0 Å². The molecule has 0 atom stereocenters. The summed E-state index contributed by atoms with van der Waals surface area (Å²) in [5, 5.41) is 0. The van der Waals surface area contributed by atoms with Gasteiger partial charge in [-0.15, -0.1) is 0 Å². The van der Waals surface area contributed by atoms with Gasteiger partial charge < -0.3 is 4.74 Å². The molecule has 21 heavy (non-hydrogen) atoms. The molecule has 0 unspecified atom stereocenters. The van der Waals surface area contributed by atoms with E-state index in [1.165, 1.54) is 11.0 Å². The van der Waals surface area contributed by atoms with Crippen LogP contribution in [0.4, 0.5) is 14.9 Å². The standard InChI is InChI=1S/C17H18FNO2/c1-2-12-19(16-11-7-6-10-15(16)18)17(20)21-13-14-8-4-3-5-9-14/h3-11H,2,12-13H2,1H3. The maximum Gasteiger partial charge on any atom is 0.414 e. The molecule has 0 spiro atoms. The van der Waals surface area contributed by atoms with Crippen LogP contribution in [0.1, 0.15) is 18.9 Å². The van der Waals surface area contributed by atoms with Crippen LogP contribution < -0.4 is 4.90 Å². The zero-order valence-electron chi connectivity index (χ0n) is 12.0. The third kappa shape index (κ3) is 4.05. The highest BCUT2D eigenvalue weighted by molar-refractivity contribution is 5.87. The van der Waals surface area contributed by atoms with Crippen LogP contribution in [0.3, 0.4) is 0 Å². The molecule has 0 bridgehead atoms. The number of halogens is 1. The summed E-state index contributed by atoms with van der Waals surface area (Å²) in [6.45, 7) is 2.52. The molecule has 0 saturated carbocycles. The van der Waals surface area contributed by atoms with Crippen molar-refractivity contribution >= 4 is 11.8 Å². The number of amides is 1. The maximum atomic E-state index is 13.8. The second-order valence-corrected chi connectivity index (χ2v) is 4.64. The quantitative estimate of drug-likeness (QED) is 0.816. The Morgan fingerprint density at radius 1 is 1.10 bits per heavy atom. The Kier molecular flexibility index (Phi) is 5.32. The van der Waals surface area contributed by atoms with Crippen molar-refractivity contribution in [1.29, 1.82) is 0 Å². The minimum absolute atomic E-state index is 0.175. The number of rotatable bonds is 5. The van der Waals surface area contributed by atoms with Crippen molar-refractivity contribution in [3.8, 4) is 0 Å². The number of ether oxygens (including phenoxy) is 1. The largest absolute Gasteiger partial charge is 0.444 e. The van der Waals surface area contributed by atoms with Gasteiger partial charge in [0.25, 0.3) is 0 Å². The molecule has 0 saturated heterocycles. The second-order valence-electron chi connectivity index (χ2n) is 4.64. The molecule has 1 amide bonds. The number of anilines is 1. The predicted octanol–water partition coefficient (Wildman–Crippen LogP) is 4.38. The minimum atomic E-state index is -0.536. The average Bonchev–Trinajstić information content (AvgIpc) is 2.52. The van der Waals surface area contributed by atoms with Crippen molar-refractivity contribution in [2.75, 3.05) is 11.4 Å². The number of carbonyl (C=O) groups excluding carboxylic acids is 1. The first-order valence-corrected chi connectivity index (χ1v) is 6.95. The lowest BCUT2D eigenvalue weighted by Crippen LogP contribution is -2.32. The Balaban J connectivity index is 2.08. The SMILES string of the molecule is CCCN(C(=O)OCc1ccccc1)c1ccccc1F. The monoisotopic (exact) mass is 287 g/mol. The van der Waals surface area contributed by atoms with Crippen molar-refractivity contribution in [2.24, 2.45) is 0 Å². The van der Waals surface area contributed by atoms with Crippen LogP contribution in [0.25, 0.3) is 0 Å². The van der Waals surface area contributed by atoms with Gasteiger partial charge in [-0.3, -0.25) is 4.90 Å². The summed E-state index contributed by atoms with van der Waals surface area (Å²) >= 11 is 0. The molecule has 0 aliphatic carbocycles. The summed E-state index contributed by atoms with van der Waals surface area (Å²) in [5.41, 5.74) is 1.15. The summed E-state index contributed by atoms with van der Waals surface area (Å²) in [7, 11) is 0. The van der Waals surface area contributed by atoms with Gasteiger partial charge in [0.2, 0.25) is 0 Å². The second kappa shape index (κ2) is 7.43. The third-order valence-electron chi connectivity index (χ3n) is 3.02. The van der Waals surface area contributed by atoms with Gasteiger partial charge in [0.05, 0.1) is 5.69 Å². The first kappa shape index (κ1) is 15.0. The van der Waals surface area contributed by atoms with Crippen LogP contribution in [0.5, 0.6) is 0 Å². The lowest BCUT2D eigenvalue weighted by molar-refractivity contribution is 0.147. The number of para-hydroxylation sites is 1. The first-order chi connectivity index (χ1) is 10.2. The molecule has 110 valence electrons. The normalized spacial score (nSPS) is 10.2. The summed E-state index contributed by atoms with van der Waals surface area (Å²) in [6.07, 6.45) is 0.181. The van der Waals surface area contributed by atoms with E-state index in [1.54, 1.807) is 18.2 Å². The van der Waals surface area contributed by atoms with E-state index in [0.29, 0.717) is 6.54 Å². The Morgan fingerprint density at radius 3 is 2.43 bits per heavy atom. The summed E-state index contributed by atoms with van der Waals surface area (Å²) < 4.78 is 19.1. The number of hydrogen-bond acceptors (Lipinski definition) is 2. The summed E-state index contributed by atoms with van der Waals surface area (Å²) in [5.74, 6) is -0.428. The van der Waals surface area contributed by atoms with E-state index in [1.807, 2.05) is 37.3 Å². The van der Waals surface area contributed by atoms with Crippen LogP contribution in [0, 0.1) is 5.82 Å². The molecule has 0 fully saturated rings. The van der Waals surface area contributed by atoms with Gasteiger partial charge in [-0.1, -0.05) is 49.4 Å². The van der Waals surface area contributed by atoms with E-state index in [9.17, 15) is 9.18 Å². The Hall–Kier alpha value is -2.36. The van der Waals surface area contributed by atoms with Gasteiger partial charge in [-0.05, 0) is 24.1 Å². The lowest BCUT2D eigenvalue weighted by atomic mass is 10.2. The molecule has 0 N–H and O–H groups in total. The Labute approximate surface area is 124 Å². The maximum absolute atomic E-state index is 13.8. The van der Waals surface area contributed by atoms with Crippen LogP contribution in [-0.4, -0.2) is 12.6 Å². The minimum Gasteiger partial charge on any atom is -0.444 e. The van der Waals surface area contributed by atoms with E-state index < -0.39 is 11.9 Å². The highest BCUT2D eigenvalue weighted by Crippen LogP contribution is 2.20. The van der Waals surface area contributed by atoms with Crippen molar-refractivity contribution in [2.45, 2.75) is 20.0 Å². The molecular formula is C17H18FNO2. The number of carbonyl (C=O) groups is 1. The molecule has 2 rings (SSSR count). The predicted molar refractivity (Wildman–Crippen MR) is 80.7 cm³/mol. The molecule has 3 nitrogen and oxygen atoms in total. The fraction of sp³-hybridized carbons (Fsp3) is 0.235. The molecule has 0 radical (unpaired) electrons. The van der Waals surface area contributed by atoms with Crippen LogP contribution in [0.2, 0.25) is 0 Å². The highest BCUT2D eigenvalue weighted by Gasteiger charge is 2.19. The number of benzene rings is 2. The molecular weight excluding hydrogens is 269 g/mol. The van der Waals surface area contributed by atoms with Crippen LogP contribution in [0.15, 0.2) is 54.6 Å². The van der Waals surface area contributed by atoms with Gasteiger partial charge in [-0.25, -0.2) is 9.18 Å². The fourth-order valence-electron chi connectivity index (χ4n) is 2.00. The zero-order valence-corrected chi connectivity index (χ0v) is 12.0. The summed E-state index contributed by atoms with van der Waals surface area (Å²) in [6, 6.07) is 15.6. The molecule has 0 heterocycles. The zero-order chi connectivity index (χ0) is 15.1. The first-order valence-electron chi connectivity index (χ1n) is 6.95. The molecule has 0 aliphatic rings. The van der Waals surface area contributed by atoms with Crippen molar-refractivity contribution in [1.82, 2.24) is 0 Å². The van der Waals surface area contributed by atoms with E-state index in [4.69, 9.17) is 4.74 Å². The van der Waals surface area contributed by atoms with Crippen molar-refractivity contribution < 1.29 is 13.9 Å². The molecule has 2 aromatic carbocycles. The molecule has 4 heteroatoms. The summed E-state index contributed by atoms with van der Waals surface area (Å²) in [4.78, 5) is 13.5. The van der Waals surface area contributed by atoms with Crippen molar-refractivity contribution in [3.63, 3.8) is 0 Å². The molecule has 2 aromatic rings. The average molecular weight is 287 g/mol.